The van der Waals surface area contributed by atoms with Crippen LogP contribution in [0.25, 0.3) is 22.3 Å². The molecule has 4 aromatic rings. The first-order valence-electron chi connectivity index (χ1n) is 19.0. The smallest absolute Gasteiger partial charge is 0.0633 e. The molecule has 2 heteroatoms. The van der Waals surface area contributed by atoms with Crippen LogP contribution in [0.2, 0.25) is 5.02 Å². The molecule has 0 aliphatic rings. The van der Waals surface area contributed by atoms with Crippen molar-refractivity contribution in [1.29, 1.82) is 0 Å². The summed E-state index contributed by atoms with van der Waals surface area (Å²) in [5, 5.41) is 3.82. The highest BCUT2D eigenvalue weighted by Crippen LogP contribution is 2.48. The molecule has 0 saturated heterocycles. The van der Waals surface area contributed by atoms with Crippen LogP contribution < -0.4 is 5.32 Å². The summed E-state index contributed by atoms with van der Waals surface area (Å²) in [6.07, 6.45) is 0. The van der Waals surface area contributed by atoms with Crippen LogP contribution in [0.3, 0.4) is 0 Å². The summed E-state index contributed by atoms with van der Waals surface area (Å²) >= 11 is 6.46. The van der Waals surface area contributed by atoms with Gasteiger partial charge in [-0.15, -0.1) is 0 Å². The third-order valence-corrected chi connectivity index (χ3v) is 7.33. The fraction of sp³-hybridized carbons (Fsp3) is 0.400. The van der Waals surface area contributed by atoms with E-state index in [1.54, 1.807) is 24.3 Å². The Balaban J connectivity index is 2.53. The van der Waals surface area contributed by atoms with E-state index >= 15 is 0 Å². The largest absolute Gasteiger partial charge is 0.354 e. The van der Waals surface area contributed by atoms with E-state index in [1.165, 1.54) is 0 Å². The van der Waals surface area contributed by atoms with Gasteiger partial charge in [0.25, 0.3) is 0 Å². The quantitative estimate of drug-likeness (QED) is 0.250. The third kappa shape index (κ3) is 6.95. The number of halogens is 1. The third-order valence-electron chi connectivity index (χ3n) is 7.09. The van der Waals surface area contributed by atoms with Crippen molar-refractivity contribution in [1.82, 2.24) is 0 Å². The first kappa shape index (κ1) is 21.6. The molecule has 42 heavy (non-hydrogen) atoms. The molecule has 0 radical (unpaired) electrons. The van der Waals surface area contributed by atoms with E-state index in [0.717, 1.165) is 0 Å². The van der Waals surface area contributed by atoms with Crippen LogP contribution in [0.5, 0.6) is 0 Å². The minimum absolute atomic E-state index is 0.0325. The predicted octanol–water partition coefficient (Wildman–Crippen LogP) is 12.6. The molecule has 0 aromatic heterocycles. The molecule has 1 N–H and O–H groups in total. The van der Waals surface area contributed by atoms with E-state index in [0.29, 0.717) is 33.0 Å². The molecule has 222 valence electrons. The Morgan fingerprint density at radius 1 is 0.619 bits per heavy atom. The average Bonchev–Trinajstić information content (AvgIpc) is 2.93. The van der Waals surface area contributed by atoms with E-state index < -0.39 is 21.7 Å². The van der Waals surface area contributed by atoms with Crippen molar-refractivity contribution in [3.63, 3.8) is 0 Å². The van der Waals surface area contributed by atoms with E-state index in [1.807, 2.05) is 83.1 Å². The van der Waals surface area contributed by atoms with Crippen molar-refractivity contribution < 1.29 is 12.3 Å². The maximum Gasteiger partial charge on any atom is 0.0633 e. The summed E-state index contributed by atoms with van der Waals surface area (Å²) in [5.74, 6) is 0. The van der Waals surface area contributed by atoms with E-state index in [4.69, 9.17) is 15.7 Å². The lowest BCUT2D eigenvalue weighted by Crippen LogP contribution is -2.20. The number of hydrogen-bond donors (Lipinski definition) is 1. The number of nitrogens with one attached hydrogen (secondary N) is 1. The number of rotatable bonds is 4. The maximum absolute atomic E-state index is 9.97. The Labute approximate surface area is 273 Å². The topological polar surface area (TPSA) is 12.0 Å². The van der Waals surface area contributed by atoms with Gasteiger partial charge in [0.15, 0.2) is 0 Å². The van der Waals surface area contributed by atoms with Crippen molar-refractivity contribution in [2.75, 3.05) is 5.32 Å². The van der Waals surface area contributed by atoms with Gasteiger partial charge >= 0.3 is 0 Å². The molecule has 0 amide bonds. The van der Waals surface area contributed by atoms with E-state index in [-0.39, 0.29) is 82.3 Å². The average molecular weight is 589 g/mol. The zero-order valence-corrected chi connectivity index (χ0v) is 27.9. The predicted molar refractivity (Wildman–Crippen MR) is 187 cm³/mol. The zero-order chi connectivity index (χ0) is 39.1. The molecular weight excluding hydrogens is 530 g/mol. The first-order valence-corrected chi connectivity index (χ1v) is 14.9. The van der Waals surface area contributed by atoms with E-state index in [2.05, 4.69) is 5.32 Å². The lowest BCUT2D eigenvalue weighted by atomic mass is 9.72. The second-order valence-electron chi connectivity index (χ2n) is 15.1. The van der Waals surface area contributed by atoms with Crippen LogP contribution >= 0.6 is 11.6 Å². The number of anilines is 2. The van der Waals surface area contributed by atoms with Gasteiger partial charge in [-0.05, 0) is 85.3 Å². The van der Waals surface area contributed by atoms with Gasteiger partial charge in [0.2, 0.25) is 0 Å². The Morgan fingerprint density at radius 3 is 1.62 bits per heavy atom. The molecule has 0 atom stereocenters. The van der Waals surface area contributed by atoms with Gasteiger partial charge in [-0.1, -0.05) is 143 Å². The highest BCUT2D eigenvalue weighted by molar-refractivity contribution is 6.30. The highest BCUT2D eigenvalue weighted by Gasteiger charge is 2.30. The summed E-state index contributed by atoms with van der Waals surface area (Å²) in [6, 6.07) is 5.14. The fourth-order valence-corrected chi connectivity index (χ4v) is 4.90. The molecule has 0 heterocycles. The second kappa shape index (κ2) is 11.2. The number of hydrogen-bond acceptors (Lipinski definition) is 1. The van der Waals surface area contributed by atoms with Crippen LogP contribution in [0.4, 0.5) is 11.4 Å². The Hall–Kier alpha value is -3.03. The summed E-state index contributed by atoms with van der Waals surface area (Å²) in [4.78, 5) is 0. The van der Waals surface area contributed by atoms with Gasteiger partial charge in [-0.2, -0.15) is 0 Å². The first-order chi connectivity index (χ1) is 23.0. The van der Waals surface area contributed by atoms with Crippen LogP contribution in [0.1, 0.15) is 118 Å². The maximum atomic E-state index is 9.97. The molecule has 4 rings (SSSR count). The summed E-state index contributed by atoms with van der Waals surface area (Å²) in [5.41, 5.74) is -0.324. The van der Waals surface area contributed by atoms with Crippen molar-refractivity contribution in [3.8, 4) is 22.3 Å². The molecule has 0 fully saturated rings. The number of benzene rings is 4. The monoisotopic (exact) mass is 588 g/mol. The summed E-state index contributed by atoms with van der Waals surface area (Å²) in [7, 11) is 0. The lowest BCUT2D eigenvalue weighted by Gasteiger charge is -2.33. The molecule has 0 aliphatic heterocycles. The molecule has 0 spiro atoms. The minimum Gasteiger partial charge on any atom is -0.354 e. The fourth-order valence-electron chi connectivity index (χ4n) is 4.71. The van der Waals surface area contributed by atoms with Crippen LogP contribution in [-0.2, 0) is 21.7 Å². The standard InChI is InChI=1S/C40H50ClN/c1-37(2,3)27-21-19-26(20-22-27)31-23-28(38(4,5)6)24-32(36(31)42-30-16-13-15-29(41)25-30)35-33(39(7,8)9)17-14-18-34(35)40(10,11)12/h13-25,42H,1-12H3/i14D,17D,18D,19D,20D,21D,22D,23D,24D. The van der Waals surface area contributed by atoms with Crippen LogP contribution in [-0.4, -0.2) is 0 Å². The van der Waals surface area contributed by atoms with E-state index in [9.17, 15) is 8.22 Å². The van der Waals surface area contributed by atoms with Crippen molar-refractivity contribution in [3.05, 3.63) is 106 Å². The lowest BCUT2D eigenvalue weighted by molar-refractivity contribution is 0.571. The molecule has 0 unspecified atom stereocenters. The van der Waals surface area contributed by atoms with Gasteiger partial charge in [-0.25, -0.2) is 0 Å². The minimum atomic E-state index is -0.817. The zero-order valence-electron chi connectivity index (χ0n) is 36.2. The highest BCUT2D eigenvalue weighted by atomic mass is 35.5. The van der Waals surface area contributed by atoms with Gasteiger partial charge in [0.05, 0.1) is 18.0 Å². The molecule has 1 nitrogen and oxygen atoms in total. The summed E-state index contributed by atoms with van der Waals surface area (Å²) in [6.45, 7) is 22.7. The van der Waals surface area contributed by atoms with Gasteiger partial charge in [0, 0.05) is 21.8 Å². The molecule has 0 saturated carbocycles. The van der Waals surface area contributed by atoms with Gasteiger partial charge in [0.1, 0.15) is 0 Å². The van der Waals surface area contributed by atoms with Crippen LogP contribution in [0, 0.1) is 0 Å². The Kier molecular flexibility index (Phi) is 5.78. The van der Waals surface area contributed by atoms with Gasteiger partial charge in [-0.3, -0.25) is 0 Å². The van der Waals surface area contributed by atoms with Crippen molar-refractivity contribution in [2.45, 2.75) is 105 Å². The van der Waals surface area contributed by atoms with Gasteiger partial charge < -0.3 is 5.32 Å². The second-order valence-corrected chi connectivity index (χ2v) is 15.6. The Bertz CT molecular complexity index is 1990. The van der Waals surface area contributed by atoms with Crippen molar-refractivity contribution in [2.24, 2.45) is 0 Å². The van der Waals surface area contributed by atoms with Crippen LogP contribution in [0.15, 0.2) is 78.6 Å². The molecule has 0 aliphatic carbocycles. The Morgan fingerprint density at radius 2 is 1.14 bits per heavy atom. The summed E-state index contributed by atoms with van der Waals surface area (Å²) < 4.78 is 84.2. The molecule has 0 bridgehead atoms. The molecular formula is C40H50ClN. The SMILES string of the molecule is [2H]c1c([2H])c(C(C)(C)C)c(-c2c([2H])c(C(C)(C)C)c([2H])c(-c3c([2H])c([2H])c(C(C)(C)C)c([2H])c3[2H])c2Nc2cccc(Cl)c2)c(C(C)(C)C)c1[2H]. The van der Waals surface area contributed by atoms with Crippen molar-refractivity contribution >= 4 is 23.0 Å². The molecule has 4 aromatic carbocycles. The normalized spacial score (nSPS) is 15.9.